The number of benzene rings is 2. The minimum absolute atomic E-state index is 0.232. The van der Waals surface area contributed by atoms with E-state index in [0.29, 0.717) is 19.4 Å². The van der Waals surface area contributed by atoms with E-state index in [1.165, 1.54) is 12.1 Å². The van der Waals surface area contributed by atoms with Gasteiger partial charge in [0.05, 0.1) is 5.56 Å². The highest BCUT2D eigenvalue weighted by atomic mass is 19.4. The quantitative estimate of drug-likeness (QED) is 0.793. The number of halogens is 3. The molecule has 1 N–H and O–H groups in total. The summed E-state index contributed by atoms with van der Waals surface area (Å²) < 4.78 is 38.0. The van der Waals surface area contributed by atoms with Crippen LogP contribution < -0.4 is 10.2 Å². The van der Waals surface area contributed by atoms with E-state index >= 15 is 0 Å². The summed E-state index contributed by atoms with van der Waals surface area (Å²) in [5, 5.41) is 2.61. The lowest BCUT2D eigenvalue weighted by Crippen LogP contribution is -2.45. The summed E-state index contributed by atoms with van der Waals surface area (Å²) in [5.41, 5.74) is 0.254. The molecule has 146 valence electrons. The fourth-order valence-corrected chi connectivity index (χ4v) is 3.66. The first-order chi connectivity index (χ1) is 13.3. The van der Waals surface area contributed by atoms with Crippen LogP contribution in [0, 0.1) is 5.41 Å². The van der Waals surface area contributed by atoms with Crippen LogP contribution in [0.1, 0.15) is 30.4 Å². The molecular formula is C21H19F3N2O2. The van der Waals surface area contributed by atoms with Gasteiger partial charge in [0.15, 0.2) is 0 Å². The third kappa shape index (κ3) is 3.25. The van der Waals surface area contributed by atoms with Crippen LogP contribution in [0.5, 0.6) is 0 Å². The second-order valence-corrected chi connectivity index (χ2v) is 7.30. The minimum atomic E-state index is -4.43. The molecule has 4 rings (SSSR count). The van der Waals surface area contributed by atoms with Gasteiger partial charge in [-0.05, 0) is 61.6 Å². The van der Waals surface area contributed by atoms with Gasteiger partial charge in [0.2, 0.25) is 11.8 Å². The maximum absolute atomic E-state index is 13.2. The summed E-state index contributed by atoms with van der Waals surface area (Å²) in [6, 6.07) is 11.9. The Kier molecular flexibility index (Phi) is 4.40. The van der Waals surface area contributed by atoms with E-state index < -0.39 is 23.1 Å². The molecular weight excluding hydrogens is 369 g/mol. The summed E-state index contributed by atoms with van der Waals surface area (Å²) in [4.78, 5) is 27.7. The summed E-state index contributed by atoms with van der Waals surface area (Å²) in [6.45, 7) is 0.561. The van der Waals surface area contributed by atoms with Crippen LogP contribution in [-0.4, -0.2) is 18.4 Å². The molecule has 1 fully saturated rings. The number of nitrogens with zero attached hydrogens (tertiary/aromatic N) is 1. The molecule has 2 aromatic carbocycles. The largest absolute Gasteiger partial charge is 0.416 e. The Hall–Kier alpha value is -2.83. The summed E-state index contributed by atoms with van der Waals surface area (Å²) >= 11 is 0. The van der Waals surface area contributed by atoms with Gasteiger partial charge in [0.1, 0.15) is 5.41 Å². The predicted molar refractivity (Wildman–Crippen MR) is 98.9 cm³/mol. The molecule has 2 aliphatic rings. The lowest BCUT2D eigenvalue weighted by molar-refractivity contribution is -0.137. The van der Waals surface area contributed by atoms with Crippen molar-refractivity contribution in [3.8, 4) is 0 Å². The Labute approximate surface area is 160 Å². The highest BCUT2D eigenvalue weighted by Crippen LogP contribution is 2.49. The second-order valence-electron chi connectivity index (χ2n) is 7.30. The number of alkyl halides is 3. The zero-order valence-corrected chi connectivity index (χ0v) is 15.1. The molecule has 0 atom stereocenters. The SMILES string of the molecule is O=C(Nc1ccc(C(F)(F)F)cc1)C1(C(=O)N2CCCc3ccccc32)CC1. The van der Waals surface area contributed by atoms with Crippen LogP contribution in [0.4, 0.5) is 24.5 Å². The number of carbonyl (C=O) groups is 2. The molecule has 1 aliphatic heterocycles. The predicted octanol–water partition coefficient (Wildman–Crippen LogP) is 4.40. The number of anilines is 2. The molecule has 2 aromatic rings. The third-order valence-electron chi connectivity index (χ3n) is 5.42. The van der Waals surface area contributed by atoms with E-state index in [0.717, 1.165) is 36.2 Å². The van der Waals surface area contributed by atoms with Crippen LogP contribution in [0.15, 0.2) is 48.5 Å². The minimum Gasteiger partial charge on any atom is -0.325 e. The van der Waals surface area contributed by atoms with Crippen molar-refractivity contribution in [1.29, 1.82) is 0 Å². The van der Waals surface area contributed by atoms with Gasteiger partial charge in [-0.15, -0.1) is 0 Å². The van der Waals surface area contributed by atoms with Crippen molar-refractivity contribution in [3.63, 3.8) is 0 Å². The topological polar surface area (TPSA) is 49.4 Å². The molecule has 7 heteroatoms. The number of fused-ring (bicyclic) bond motifs is 1. The van der Waals surface area contributed by atoms with E-state index in [4.69, 9.17) is 0 Å². The van der Waals surface area contributed by atoms with Gasteiger partial charge in [-0.3, -0.25) is 9.59 Å². The lowest BCUT2D eigenvalue weighted by atomic mass is 9.97. The number of carbonyl (C=O) groups excluding carboxylic acids is 2. The number of hydrogen-bond donors (Lipinski definition) is 1. The molecule has 0 spiro atoms. The highest BCUT2D eigenvalue weighted by Gasteiger charge is 2.58. The van der Waals surface area contributed by atoms with Crippen molar-refractivity contribution in [2.45, 2.75) is 31.9 Å². The van der Waals surface area contributed by atoms with Gasteiger partial charge in [0.25, 0.3) is 0 Å². The molecule has 28 heavy (non-hydrogen) atoms. The Bertz CT molecular complexity index is 918. The zero-order chi connectivity index (χ0) is 19.9. The molecule has 1 aliphatic carbocycles. The van der Waals surface area contributed by atoms with Crippen LogP contribution in [0.2, 0.25) is 0 Å². The van der Waals surface area contributed by atoms with Crippen molar-refractivity contribution < 1.29 is 22.8 Å². The zero-order valence-electron chi connectivity index (χ0n) is 15.1. The molecule has 2 amide bonds. The van der Waals surface area contributed by atoms with Crippen LogP contribution in [0.3, 0.4) is 0 Å². The Morgan fingerprint density at radius 1 is 1.00 bits per heavy atom. The summed E-state index contributed by atoms with van der Waals surface area (Å²) in [7, 11) is 0. The van der Waals surface area contributed by atoms with Crippen LogP contribution in [0.25, 0.3) is 0 Å². The Balaban J connectivity index is 1.51. The standard InChI is InChI=1S/C21H19F3N2O2/c22-21(23,24)15-7-9-16(10-8-15)25-18(27)20(11-12-20)19(28)26-13-3-5-14-4-1-2-6-17(14)26/h1-2,4,6-10H,3,5,11-13H2,(H,25,27). The van der Waals surface area contributed by atoms with Gasteiger partial charge >= 0.3 is 6.18 Å². The van der Waals surface area contributed by atoms with Crippen molar-refractivity contribution in [3.05, 3.63) is 59.7 Å². The Morgan fingerprint density at radius 2 is 1.68 bits per heavy atom. The number of hydrogen-bond acceptors (Lipinski definition) is 2. The molecule has 1 saturated carbocycles. The number of para-hydroxylation sites is 1. The van der Waals surface area contributed by atoms with Gasteiger partial charge < -0.3 is 10.2 Å². The number of aryl methyl sites for hydroxylation is 1. The van der Waals surface area contributed by atoms with Gasteiger partial charge in [0, 0.05) is 17.9 Å². The molecule has 4 nitrogen and oxygen atoms in total. The normalized spacial score (nSPS) is 17.6. The number of rotatable bonds is 3. The first-order valence-corrected chi connectivity index (χ1v) is 9.20. The smallest absolute Gasteiger partial charge is 0.325 e. The molecule has 0 radical (unpaired) electrons. The van der Waals surface area contributed by atoms with E-state index in [9.17, 15) is 22.8 Å². The average molecular weight is 388 g/mol. The molecule has 0 unspecified atom stereocenters. The molecule has 1 heterocycles. The number of nitrogens with one attached hydrogen (secondary N) is 1. The van der Waals surface area contributed by atoms with Crippen LogP contribution >= 0.6 is 0 Å². The molecule has 0 aromatic heterocycles. The first kappa shape index (κ1) is 18.5. The summed E-state index contributed by atoms with van der Waals surface area (Å²) in [5.74, 6) is -0.690. The van der Waals surface area contributed by atoms with E-state index in [-0.39, 0.29) is 11.6 Å². The van der Waals surface area contributed by atoms with Crippen LogP contribution in [-0.2, 0) is 22.2 Å². The summed E-state index contributed by atoms with van der Waals surface area (Å²) in [6.07, 6.45) is -1.82. The number of amides is 2. The second kappa shape index (κ2) is 6.65. The van der Waals surface area contributed by atoms with Gasteiger partial charge in [-0.1, -0.05) is 18.2 Å². The first-order valence-electron chi connectivity index (χ1n) is 9.20. The highest BCUT2D eigenvalue weighted by molar-refractivity contribution is 6.18. The van der Waals surface area contributed by atoms with Crippen molar-refractivity contribution in [2.24, 2.45) is 5.41 Å². The average Bonchev–Trinajstić information content (AvgIpc) is 3.49. The van der Waals surface area contributed by atoms with Gasteiger partial charge in [-0.25, -0.2) is 0 Å². The Morgan fingerprint density at radius 3 is 2.32 bits per heavy atom. The maximum Gasteiger partial charge on any atom is 0.416 e. The fourth-order valence-electron chi connectivity index (χ4n) is 3.66. The van der Waals surface area contributed by atoms with E-state index in [2.05, 4.69) is 5.32 Å². The fraction of sp³-hybridized carbons (Fsp3) is 0.333. The van der Waals surface area contributed by atoms with Crippen molar-refractivity contribution in [1.82, 2.24) is 0 Å². The van der Waals surface area contributed by atoms with E-state index in [1.54, 1.807) is 4.90 Å². The molecule has 0 bridgehead atoms. The lowest BCUT2D eigenvalue weighted by Gasteiger charge is -2.32. The van der Waals surface area contributed by atoms with Crippen molar-refractivity contribution >= 4 is 23.2 Å². The monoisotopic (exact) mass is 388 g/mol. The van der Waals surface area contributed by atoms with Gasteiger partial charge in [-0.2, -0.15) is 13.2 Å². The van der Waals surface area contributed by atoms with E-state index in [1.807, 2.05) is 24.3 Å². The van der Waals surface area contributed by atoms with Crippen molar-refractivity contribution in [2.75, 3.05) is 16.8 Å². The third-order valence-corrected chi connectivity index (χ3v) is 5.42. The molecule has 0 saturated heterocycles. The maximum atomic E-state index is 13.2.